The molecule has 0 spiro atoms. The van der Waals surface area contributed by atoms with Crippen molar-refractivity contribution in [2.24, 2.45) is 5.73 Å². The van der Waals surface area contributed by atoms with E-state index >= 15 is 0 Å². The van der Waals surface area contributed by atoms with Crippen LogP contribution in [-0.4, -0.2) is 83.4 Å². The summed E-state index contributed by atoms with van der Waals surface area (Å²) >= 11 is 0. The van der Waals surface area contributed by atoms with Crippen LogP contribution in [0.4, 0.5) is 0 Å². The van der Waals surface area contributed by atoms with Crippen molar-refractivity contribution in [3.63, 3.8) is 0 Å². The number of likely N-dealkylation sites (N-methyl/N-ethyl adjacent to an activating group) is 1. The average Bonchev–Trinajstić information content (AvgIpc) is 2.45. The summed E-state index contributed by atoms with van der Waals surface area (Å²) in [5.74, 6) is -0.963. The first kappa shape index (κ1) is 19.4. The van der Waals surface area contributed by atoms with Gasteiger partial charge in [0.15, 0.2) is 0 Å². The fraction of sp³-hybridized carbons (Fsp3) is 0.929. The van der Waals surface area contributed by atoms with Crippen LogP contribution in [0.2, 0.25) is 6.32 Å². The van der Waals surface area contributed by atoms with Gasteiger partial charge in [-0.1, -0.05) is 12.8 Å². The molecule has 0 aromatic rings. The predicted octanol–water partition coefficient (Wildman–Crippen LogP) is -0.561. The lowest BCUT2D eigenvalue weighted by atomic mass is 9.81. The molecule has 0 saturated carbocycles. The minimum atomic E-state index is -1.32. The van der Waals surface area contributed by atoms with E-state index in [0.717, 1.165) is 39.1 Å². The van der Waals surface area contributed by atoms with Crippen molar-refractivity contribution in [2.45, 2.75) is 44.0 Å². The summed E-state index contributed by atoms with van der Waals surface area (Å²) in [6.07, 6.45) is 3.03. The smallest absolute Gasteiger partial charge is 0.451 e. The van der Waals surface area contributed by atoms with Crippen molar-refractivity contribution >= 4 is 13.1 Å². The lowest BCUT2D eigenvalue weighted by Crippen LogP contribution is -2.49. The van der Waals surface area contributed by atoms with Gasteiger partial charge < -0.3 is 30.7 Å². The van der Waals surface area contributed by atoms with E-state index in [-0.39, 0.29) is 6.32 Å². The topological polar surface area (TPSA) is 110 Å². The van der Waals surface area contributed by atoms with Crippen LogP contribution >= 0.6 is 0 Å². The molecule has 0 aliphatic carbocycles. The summed E-state index contributed by atoms with van der Waals surface area (Å²) in [4.78, 5) is 16.1. The highest BCUT2D eigenvalue weighted by molar-refractivity contribution is 6.40. The van der Waals surface area contributed by atoms with Gasteiger partial charge in [0.25, 0.3) is 0 Å². The van der Waals surface area contributed by atoms with Gasteiger partial charge in [-0.15, -0.1) is 0 Å². The number of carbonyl (C=O) groups is 1. The molecule has 1 atom stereocenters. The highest BCUT2D eigenvalue weighted by atomic mass is 16.4. The molecule has 0 aromatic carbocycles. The van der Waals surface area contributed by atoms with Gasteiger partial charge in [0, 0.05) is 26.2 Å². The average molecular weight is 315 g/mol. The highest BCUT2D eigenvalue weighted by Crippen LogP contribution is 2.20. The molecule has 0 aromatic heterocycles. The number of carboxylic acid groups (broad SMARTS) is 1. The van der Waals surface area contributed by atoms with Crippen LogP contribution in [0.5, 0.6) is 0 Å². The second-order valence-electron chi connectivity index (χ2n) is 6.44. The fourth-order valence-electron chi connectivity index (χ4n) is 2.80. The third kappa shape index (κ3) is 7.06. The quantitative estimate of drug-likeness (QED) is 0.316. The van der Waals surface area contributed by atoms with Crippen LogP contribution in [0, 0.1) is 0 Å². The van der Waals surface area contributed by atoms with Crippen LogP contribution in [0.15, 0.2) is 0 Å². The van der Waals surface area contributed by atoms with E-state index in [0.29, 0.717) is 25.7 Å². The van der Waals surface area contributed by atoms with Crippen molar-refractivity contribution in [3.8, 4) is 0 Å². The van der Waals surface area contributed by atoms with Crippen molar-refractivity contribution in [1.82, 2.24) is 9.80 Å². The maximum atomic E-state index is 11.4. The third-order valence-corrected chi connectivity index (χ3v) is 4.45. The van der Waals surface area contributed by atoms with Crippen LogP contribution in [0.1, 0.15) is 32.1 Å². The molecule has 22 heavy (non-hydrogen) atoms. The SMILES string of the molecule is CN1CCN(CCCC(N)(CCCCB(O)O)C(=O)O)CC1. The monoisotopic (exact) mass is 315 g/mol. The normalized spacial score (nSPS) is 19.8. The first-order valence-corrected chi connectivity index (χ1v) is 8.13. The van der Waals surface area contributed by atoms with Gasteiger partial charge in [-0.3, -0.25) is 4.79 Å². The number of hydrogen-bond donors (Lipinski definition) is 4. The van der Waals surface area contributed by atoms with Crippen LogP contribution in [-0.2, 0) is 4.79 Å². The van der Waals surface area contributed by atoms with E-state index in [2.05, 4.69) is 16.8 Å². The molecule has 1 rings (SSSR count). The Hall–Kier alpha value is -0.665. The Morgan fingerprint density at radius 3 is 2.27 bits per heavy atom. The Morgan fingerprint density at radius 1 is 1.14 bits per heavy atom. The van der Waals surface area contributed by atoms with Gasteiger partial charge in [0.1, 0.15) is 5.54 Å². The molecule has 1 saturated heterocycles. The maximum Gasteiger partial charge on any atom is 0.451 e. The predicted molar refractivity (Wildman–Crippen MR) is 86.6 cm³/mol. The number of piperazine rings is 1. The number of nitrogens with zero attached hydrogens (tertiary/aromatic N) is 2. The number of hydrogen-bond acceptors (Lipinski definition) is 6. The number of carboxylic acids is 1. The molecule has 1 aliphatic heterocycles. The van der Waals surface area contributed by atoms with Crippen LogP contribution in [0.25, 0.3) is 0 Å². The molecule has 0 amide bonds. The van der Waals surface area contributed by atoms with Crippen molar-refractivity contribution in [1.29, 1.82) is 0 Å². The van der Waals surface area contributed by atoms with Crippen LogP contribution in [0.3, 0.4) is 0 Å². The first-order chi connectivity index (χ1) is 10.3. The largest absolute Gasteiger partial charge is 0.480 e. The molecular weight excluding hydrogens is 285 g/mol. The molecule has 1 unspecified atom stereocenters. The van der Waals surface area contributed by atoms with E-state index in [4.69, 9.17) is 15.8 Å². The van der Waals surface area contributed by atoms with Gasteiger partial charge in [-0.2, -0.15) is 0 Å². The second kappa shape index (κ2) is 9.47. The lowest BCUT2D eigenvalue weighted by molar-refractivity contribution is -0.144. The molecule has 1 heterocycles. The highest BCUT2D eigenvalue weighted by Gasteiger charge is 2.33. The molecule has 5 N–H and O–H groups in total. The third-order valence-electron chi connectivity index (χ3n) is 4.45. The zero-order chi connectivity index (χ0) is 16.6. The van der Waals surface area contributed by atoms with Gasteiger partial charge >= 0.3 is 13.1 Å². The van der Waals surface area contributed by atoms with Gasteiger partial charge in [-0.25, -0.2) is 0 Å². The fourth-order valence-corrected chi connectivity index (χ4v) is 2.80. The van der Waals surface area contributed by atoms with Crippen molar-refractivity contribution < 1.29 is 19.9 Å². The van der Waals surface area contributed by atoms with Gasteiger partial charge in [0.05, 0.1) is 0 Å². The summed E-state index contributed by atoms with van der Waals surface area (Å²) in [5.41, 5.74) is 4.84. The minimum Gasteiger partial charge on any atom is -0.480 e. The molecule has 128 valence electrons. The van der Waals surface area contributed by atoms with Crippen molar-refractivity contribution in [3.05, 3.63) is 0 Å². The van der Waals surface area contributed by atoms with E-state index in [1.165, 1.54) is 0 Å². The summed E-state index contributed by atoms with van der Waals surface area (Å²) in [6.45, 7) is 5.03. The van der Waals surface area contributed by atoms with Crippen molar-refractivity contribution in [2.75, 3.05) is 39.8 Å². The zero-order valence-corrected chi connectivity index (χ0v) is 13.6. The molecular formula is C14H30BN3O4. The number of unbranched alkanes of at least 4 members (excludes halogenated alkanes) is 1. The minimum absolute atomic E-state index is 0.261. The van der Waals surface area contributed by atoms with Gasteiger partial charge in [-0.05, 0) is 39.2 Å². The van der Waals surface area contributed by atoms with E-state index in [1.807, 2.05) is 0 Å². The second-order valence-corrected chi connectivity index (χ2v) is 6.44. The summed E-state index contributed by atoms with van der Waals surface area (Å²) in [5, 5.41) is 27.0. The molecule has 0 bridgehead atoms. The molecule has 1 fully saturated rings. The van der Waals surface area contributed by atoms with Crippen LogP contribution < -0.4 is 5.73 Å². The Kier molecular flexibility index (Phi) is 8.34. The first-order valence-electron chi connectivity index (χ1n) is 8.13. The standard InChI is InChI=1S/C14H30BN3O4/c1-17-9-11-18(12-10-17)8-4-6-14(16,13(19)20)5-2-3-7-15(21)22/h21-22H,2-12,16H2,1H3,(H,19,20). The molecule has 8 heteroatoms. The Labute approximate surface area is 133 Å². The zero-order valence-electron chi connectivity index (χ0n) is 13.6. The van der Waals surface area contributed by atoms with E-state index < -0.39 is 18.6 Å². The summed E-state index contributed by atoms with van der Waals surface area (Å²) in [6, 6.07) is 0. The van der Waals surface area contributed by atoms with E-state index in [9.17, 15) is 9.90 Å². The Balaban J connectivity index is 2.28. The maximum absolute atomic E-state index is 11.4. The van der Waals surface area contributed by atoms with Gasteiger partial charge in [0.2, 0.25) is 0 Å². The van der Waals surface area contributed by atoms with E-state index in [1.54, 1.807) is 0 Å². The summed E-state index contributed by atoms with van der Waals surface area (Å²) < 4.78 is 0. The lowest BCUT2D eigenvalue weighted by Gasteiger charge is -2.33. The molecule has 1 aliphatic rings. The Bertz CT molecular complexity index is 338. The number of rotatable bonds is 10. The molecule has 0 radical (unpaired) electrons. The number of aliphatic carboxylic acids is 1. The summed E-state index contributed by atoms with van der Waals surface area (Å²) in [7, 11) is 0.782. The Morgan fingerprint density at radius 2 is 1.73 bits per heavy atom. The number of nitrogens with two attached hydrogens (primary N) is 1. The molecule has 7 nitrogen and oxygen atoms in total.